The number of H-pyrrole nitrogens is 1. The Hall–Kier alpha value is -2.34. The third-order valence-electron chi connectivity index (χ3n) is 3.14. The van der Waals surface area contributed by atoms with Crippen molar-refractivity contribution in [2.24, 2.45) is 0 Å². The lowest BCUT2D eigenvalue weighted by Gasteiger charge is -2.00. The second kappa shape index (κ2) is 4.35. The van der Waals surface area contributed by atoms with Gasteiger partial charge in [0, 0.05) is 26.3 Å². The number of carbonyl (C=O) groups is 2. The maximum atomic E-state index is 11.4. The van der Waals surface area contributed by atoms with E-state index < -0.39 is 11.9 Å². The van der Waals surface area contributed by atoms with E-state index in [1.54, 1.807) is 12.1 Å². The third kappa shape index (κ3) is 1.85. The SMILES string of the molecule is O=C(O)c1ccc2[nH]c3cc(Br)cc(C(=O)O)c3c2c1. The average Bonchev–Trinajstić information content (AvgIpc) is 2.74. The molecular formula is C14H8BrNO4. The molecule has 1 heterocycles. The Balaban J connectivity index is 2.49. The van der Waals surface area contributed by atoms with Crippen LogP contribution in [-0.2, 0) is 0 Å². The van der Waals surface area contributed by atoms with Gasteiger partial charge < -0.3 is 15.2 Å². The van der Waals surface area contributed by atoms with Crippen LogP contribution in [0.4, 0.5) is 0 Å². The van der Waals surface area contributed by atoms with E-state index in [0.717, 1.165) is 0 Å². The minimum absolute atomic E-state index is 0.123. The molecule has 0 spiro atoms. The molecule has 0 aliphatic heterocycles. The van der Waals surface area contributed by atoms with Crippen molar-refractivity contribution in [3.05, 3.63) is 45.9 Å². The summed E-state index contributed by atoms with van der Waals surface area (Å²) < 4.78 is 0.646. The van der Waals surface area contributed by atoms with Crippen molar-refractivity contribution in [1.29, 1.82) is 0 Å². The summed E-state index contributed by atoms with van der Waals surface area (Å²) in [5.41, 5.74) is 1.60. The Morgan fingerprint density at radius 1 is 1.00 bits per heavy atom. The van der Waals surface area contributed by atoms with Gasteiger partial charge in [0.25, 0.3) is 0 Å². The molecule has 0 aliphatic rings. The first-order chi connectivity index (χ1) is 9.47. The van der Waals surface area contributed by atoms with E-state index in [-0.39, 0.29) is 11.1 Å². The average molecular weight is 334 g/mol. The molecule has 0 saturated carbocycles. The summed E-state index contributed by atoms with van der Waals surface area (Å²) >= 11 is 3.27. The lowest BCUT2D eigenvalue weighted by Crippen LogP contribution is -1.97. The Bertz CT molecular complexity index is 882. The number of fused-ring (bicyclic) bond motifs is 3. The molecule has 0 fully saturated rings. The van der Waals surface area contributed by atoms with Gasteiger partial charge in [0.1, 0.15) is 0 Å². The fourth-order valence-corrected chi connectivity index (χ4v) is 2.76. The van der Waals surface area contributed by atoms with E-state index in [2.05, 4.69) is 20.9 Å². The normalized spacial score (nSPS) is 11.1. The minimum Gasteiger partial charge on any atom is -0.478 e. The number of rotatable bonds is 2. The van der Waals surface area contributed by atoms with Crippen LogP contribution in [0.15, 0.2) is 34.8 Å². The van der Waals surface area contributed by atoms with Gasteiger partial charge in [-0.1, -0.05) is 15.9 Å². The van der Waals surface area contributed by atoms with Crippen LogP contribution in [0.3, 0.4) is 0 Å². The van der Waals surface area contributed by atoms with Crippen LogP contribution in [0.5, 0.6) is 0 Å². The van der Waals surface area contributed by atoms with Crippen molar-refractivity contribution in [3.8, 4) is 0 Å². The highest BCUT2D eigenvalue weighted by atomic mass is 79.9. The fourth-order valence-electron chi connectivity index (χ4n) is 2.30. The van der Waals surface area contributed by atoms with E-state index in [9.17, 15) is 14.7 Å². The summed E-state index contributed by atoms with van der Waals surface area (Å²) in [4.78, 5) is 25.5. The standard InChI is InChI=1S/C14H8BrNO4/c15-7-4-9(14(19)20)12-8-3-6(13(17)18)1-2-10(8)16-11(12)5-7/h1-5,16H,(H,17,18)(H,19,20). The van der Waals surface area contributed by atoms with Crippen molar-refractivity contribution in [2.45, 2.75) is 0 Å². The highest BCUT2D eigenvalue weighted by Gasteiger charge is 2.16. The van der Waals surface area contributed by atoms with E-state index in [4.69, 9.17) is 5.11 Å². The van der Waals surface area contributed by atoms with Crippen LogP contribution in [0.25, 0.3) is 21.8 Å². The topological polar surface area (TPSA) is 90.4 Å². The predicted molar refractivity (Wildman–Crippen MR) is 77.4 cm³/mol. The first kappa shape index (κ1) is 12.7. The zero-order valence-electron chi connectivity index (χ0n) is 9.98. The van der Waals surface area contributed by atoms with E-state index in [1.165, 1.54) is 18.2 Å². The molecule has 2 aromatic carbocycles. The Kier molecular flexibility index (Phi) is 2.76. The highest BCUT2D eigenvalue weighted by molar-refractivity contribution is 9.10. The van der Waals surface area contributed by atoms with E-state index in [1.807, 2.05) is 0 Å². The molecule has 1 aromatic heterocycles. The van der Waals surface area contributed by atoms with Crippen LogP contribution in [0, 0.1) is 0 Å². The van der Waals surface area contributed by atoms with Gasteiger partial charge in [-0.15, -0.1) is 0 Å². The molecule has 0 saturated heterocycles. The van der Waals surface area contributed by atoms with Gasteiger partial charge in [-0.25, -0.2) is 9.59 Å². The summed E-state index contributed by atoms with van der Waals surface area (Å²) in [6.45, 7) is 0. The molecule has 3 N–H and O–H groups in total. The number of aromatic nitrogens is 1. The number of carboxylic acid groups (broad SMARTS) is 2. The summed E-state index contributed by atoms with van der Waals surface area (Å²) in [6, 6.07) is 7.87. The molecule has 0 unspecified atom stereocenters. The van der Waals surface area contributed by atoms with Crippen molar-refractivity contribution in [2.75, 3.05) is 0 Å². The van der Waals surface area contributed by atoms with Crippen molar-refractivity contribution in [1.82, 2.24) is 4.98 Å². The summed E-state index contributed by atoms with van der Waals surface area (Å²) in [6.07, 6.45) is 0. The van der Waals surface area contributed by atoms with Gasteiger partial charge in [0.2, 0.25) is 0 Å². The summed E-state index contributed by atoms with van der Waals surface area (Å²) in [7, 11) is 0. The van der Waals surface area contributed by atoms with Crippen LogP contribution < -0.4 is 0 Å². The molecule has 3 rings (SSSR count). The Morgan fingerprint density at radius 2 is 1.75 bits per heavy atom. The molecule has 0 amide bonds. The van der Waals surface area contributed by atoms with Crippen LogP contribution >= 0.6 is 15.9 Å². The lowest BCUT2D eigenvalue weighted by molar-refractivity contribution is 0.0687. The maximum Gasteiger partial charge on any atom is 0.336 e. The van der Waals surface area contributed by atoms with Gasteiger partial charge in [-0.2, -0.15) is 0 Å². The Morgan fingerprint density at radius 3 is 2.40 bits per heavy atom. The lowest BCUT2D eigenvalue weighted by atomic mass is 10.0. The number of carboxylic acids is 2. The van der Waals surface area contributed by atoms with Crippen LogP contribution in [0.1, 0.15) is 20.7 Å². The largest absolute Gasteiger partial charge is 0.478 e. The molecular weight excluding hydrogens is 326 g/mol. The molecule has 100 valence electrons. The molecule has 5 nitrogen and oxygen atoms in total. The molecule has 0 aliphatic carbocycles. The van der Waals surface area contributed by atoms with Gasteiger partial charge in [0.05, 0.1) is 11.1 Å². The molecule has 20 heavy (non-hydrogen) atoms. The summed E-state index contributed by atoms with van der Waals surface area (Å²) in [5.74, 6) is -2.10. The monoisotopic (exact) mass is 333 g/mol. The fraction of sp³-hybridized carbons (Fsp3) is 0. The van der Waals surface area contributed by atoms with Gasteiger partial charge in [-0.3, -0.25) is 0 Å². The molecule has 3 aromatic rings. The number of hydrogen-bond donors (Lipinski definition) is 3. The number of aromatic amines is 1. The van der Waals surface area contributed by atoms with Gasteiger partial charge in [0.15, 0.2) is 0 Å². The van der Waals surface area contributed by atoms with Gasteiger partial charge in [-0.05, 0) is 30.3 Å². The highest BCUT2D eigenvalue weighted by Crippen LogP contribution is 2.32. The second-order valence-corrected chi connectivity index (χ2v) is 5.29. The van der Waals surface area contributed by atoms with Crippen LogP contribution in [0.2, 0.25) is 0 Å². The second-order valence-electron chi connectivity index (χ2n) is 4.37. The molecule has 6 heteroatoms. The Labute approximate surface area is 121 Å². The zero-order chi connectivity index (χ0) is 14.4. The minimum atomic E-state index is -1.06. The van der Waals surface area contributed by atoms with Crippen LogP contribution in [-0.4, -0.2) is 27.1 Å². The van der Waals surface area contributed by atoms with Crippen molar-refractivity contribution < 1.29 is 19.8 Å². The number of aromatic carboxylic acids is 2. The van der Waals surface area contributed by atoms with Crippen molar-refractivity contribution >= 4 is 49.7 Å². The number of hydrogen-bond acceptors (Lipinski definition) is 2. The predicted octanol–water partition coefficient (Wildman–Crippen LogP) is 3.48. The smallest absolute Gasteiger partial charge is 0.336 e. The van der Waals surface area contributed by atoms with Crippen molar-refractivity contribution in [3.63, 3.8) is 0 Å². The molecule has 0 radical (unpaired) electrons. The number of halogens is 1. The number of benzene rings is 2. The first-order valence-electron chi connectivity index (χ1n) is 5.69. The quantitative estimate of drug-likeness (QED) is 0.669. The zero-order valence-corrected chi connectivity index (χ0v) is 11.6. The third-order valence-corrected chi connectivity index (χ3v) is 3.60. The number of nitrogens with one attached hydrogen (secondary N) is 1. The van der Waals surface area contributed by atoms with Gasteiger partial charge >= 0.3 is 11.9 Å². The molecule has 0 atom stereocenters. The first-order valence-corrected chi connectivity index (χ1v) is 6.48. The molecule has 0 bridgehead atoms. The van der Waals surface area contributed by atoms with E-state index >= 15 is 0 Å². The van der Waals surface area contributed by atoms with E-state index in [0.29, 0.717) is 26.3 Å². The maximum absolute atomic E-state index is 11.4. The summed E-state index contributed by atoms with van der Waals surface area (Å²) in [5, 5.41) is 19.5.